The number of hydrogen-bond donors (Lipinski definition) is 2. The van der Waals surface area contributed by atoms with Gasteiger partial charge in [-0.15, -0.1) is 0 Å². The van der Waals surface area contributed by atoms with E-state index in [1.807, 2.05) is 24.3 Å². The van der Waals surface area contributed by atoms with Gasteiger partial charge in [-0.3, -0.25) is 39.1 Å². The third kappa shape index (κ3) is 6.32. The van der Waals surface area contributed by atoms with E-state index in [1.165, 1.54) is 0 Å². The van der Waals surface area contributed by atoms with Gasteiger partial charge in [-0.25, -0.2) is 4.98 Å². The fraction of sp³-hybridized carbons (Fsp3) is 0.439. The van der Waals surface area contributed by atoms with Gasteiger partial charge in [0.2, 0.25) is 11.8 Å². The molecule has 1 aromatic heterocycles. The SMILES string of the molecule is CC1(C)[C@H](NC(=O)c2ccc(N3CCN(C4CN(c5ccc6c(n5)C(=O)N(C5CCC(=O)NC5=O)C6=O)C4)CC3)cc2)C(C)(C)[C@H]1Oc1ccc(C#N)c(Cl)c1. The van der Waals surface area contributed by atoms with Gasteiger partial charge in [0.05, 0.1) is 16.1 Å². The van der Waals surface area contributed by atoms with Crippen molar-refractivity contribution in [3.05, 3.63) is 82.0 Å². The topological polar surface area (TPSA) is 168 Å². The third-order valence-corrected chi connectivity index (χ3v) is 12.5. The molecule has 290 valence electrons. The normalized spacial score (nSPS) is 24.5. The molecule has 0 spiro atoms. The number of nitrogens with one attached hydrogen (secondary N) is 2. The first kappa shape index (κ1) is 37.4. The maximum atomic E-state index is 13.5. The molecule has 1 unspecified atom stereocenters. The van der Waals surface area contributed by atoms with Crippen LogP contribution in [0.15, 0.2) is 54.6 Å². The van der Waals surface area contributed by atoms with Crippen molar-refractivity contribution in [3.8, 4) is 11.8 Å². The zero-order chi connectivity index (χ0) is 39.7. The molecule has 4 fully saturated rings. The summed E-state index contributed by atoms with van der Waals surface area (Å²) in [6, 6.07) is 17.4. The number of rotatable bonds is 8. The van der Waals surface area contributed by atoms with Gasteiger partial charge in [0.1, 0.15) is 35.5 Å². The highest BCUT2D eigenvalue weighted by Crippen LogP contribution is 2.55. The molecular weight excluding hydrogens is 736 g/mol. The number of pyridine rings is 1. The van der Waals surface area contributed by atoms with Gasteiger partial charge < -0.3 is 19.9 Å². The van der Waals surface area contributed by atoms with E-state index in [0.717, 1.165) is 49.9 Å². The molecule has 5 amide bonds. The zero-order valence-electron chi connectivity index (χ0n) is 31.7. The molecule has 1 aliphatic carbocycles. The molecule has 5 aliphatic rings. The summed E-state index contributed by atoms with van der Waals surface area (Å²) in [7, 11) is 0. The Kier molecular flexibility index (Phi) is 9.28. The van der Waals surface area contributed by atoms with Gasteiger partial charge in [0.25, 0.3) is 17.7 Å². The van der Waals surface area contributed by atoms with Gasteiger partial charge in [0.15, 0.2) is 0 Å². The van der Waals surface area contributed by atoms with Gasteiger partial charge >= 0.3 is 0 Å². The highest BCUT2D eigenvalue weighted by atomic mass is 35.5. The number of carbonyl (C=O) groups is 5. The largest absolute Gasteiger partial charge is 0.489 e. The summed E-state index contributed by atoms with van der Waals surface area (Å²) in [6.45, 7) is 13.2. The van der Waals surface area contributed by atoms with Crippen molar-refractivity contribution in [2.75, 3.05) is 49.1 Å². The third-order valence-electron chi connectivity index (χ3n) is 12.2. The van der Waals surface area contributed by atoms with E-state index in [1.54, 1.807) is 30.3 Å². The molecule has 1 atom stereocenters. The number of hydrogen-bond acceptors (Lipinski definition) is 11. The number of nitrogens with zero attached hydrogens (tertiary/aromatic N) is 6. The summed E-state index contributed by atoms with van der Waals surface area (Å²) >= 11 is 6.24. The van der Waals surface area contributed by atoms with Crippen LogP contribution in [0.3, 0.4) is 0 Å². The minimum absolute atomic E-state index is 0.0407. The number of halogens is 1. The lowest BCUT2D eigenvalue weighted by atomic mass is 9.49. The van der Waals surface area contributed by atoms with E-state index in [0.29, 0.717) is 33.8 Å². The molecule has 0 radical (unpaired) electrons. The van der Waals surface area contributed by atoms with E-state index in [2.05, 4.69) is 64.1 Å². The van der Waals surface area contributed by atoms with E-state index in [-0.39, 0.29) is 53.0 Å². The monoisotopic (exact) mass is 778 g/mol. The van der Waals surface area contributed by atoms with Crippen LogP contribution in [0.25, 0.3) is 0 Å². The Balaban J connectivity index is 0.817. The second kappa shape index (κ2) is 13.9. The van der Waals surface area contributed by atoms with E-state index in [9.17, 15) is 29.2 Å². The van der Waals surface area contributed by atoms with Crippen molar-refractivity contribution in [1.82, 2.24) is 25.4 Å². The van der Waals surface area contributed by atoms with Crippen molar-refractivity contribution in [1.29, 1.82) is 5.26 Å². The second-order valence-corrected chi connectivity index (χ2v) is 16.8. The Labute approximate surface area is 329 Å². The molecule has 1 saturated carbocycles. The van der Waals surface area contributed by atoms with Crippen LogP contribution in [-0.2, 0) is 9.59 Å². The summed E-state index contributed by atoms with van der Waals surface area (Å²) in [5.74, 6) is -1.17. The number of piperidine rings is 1. The molecule has 5 heterocycles. The number of anilines is 2. The first-order valence-corrected chi connectivity index (χ1v) is 19.3. The van der Waals surface area contributed by atoms with Crippen molar-refractivity contribution < 1.29 is 28.7 Å². The molecule has 3 aromatic rings. The molecule has 3 saturated heterocycles. The Hall–Kier alpha value is -5.52. The quantitative estimate of drug-likeness (QED) is 0.321. The van der Waals surface area contributed by atoms with Gasteiger partial charge in [0, 0.05) is 85.9 Å². The first-order valence-electron chi connectivity index (χ1n) is 18.9. The standard InChI is InChI=1S/C41H43ClN8O6/c1-40(2)38(41(3,4)39(40)56-27-10-7-24(20-43)29(42)19-27)46-34(52)23-5-8-25(9-6-23)47-15-17-48(18-16-47)26-21-49(22-26)31-13-11-28-33(44-31)37(55)50(36(28)54)30-12-14-32(51)45-35(30)53/h5-11,13,19,26,30,38-39H,12,14-18,21-22H2,1-4H3,(H,46,52)(H,45,51,53)/t30?,38-,39-. The van der Waals surface area contributed by atoms with Crippen LogP contribution in [-0.4, -0.2) is 108 Å². The smallest absolute Gasteiger partial charge is 0.281 e. The lowest BCUT2D eigenvalue weighted by molar-refractivity contribution is -0.164. The minimum atomic E-state index is -1.02. The number of benzene rings is 2. The number of aromatic nitrogens is 1. The van der Waals surface area contributed by atoms with Crippen LogP contribution in [0.4, 0.5) is 11.5 Å². The van der Waals surface area contributed by atoms with Crippen LogP contribution >= 0.6 is 11.6 Å². The van der Waals surface area contributed by atoms with Crippen LogP contribution in [0, 0.1) is 22.2 Å². The first-order chi connectivity index (χ1) is 26.7. The predicted octanol–water partition coefficient (Wildman–Crippen LogP) is 3.63. The van der Waals surface area contributed by atoms with E-state index >= 15 is 0 Å². The zero-order valence-corrected chi connectivity index (χ0v) is 32.4. The Morgan fingerprint density at radius 3 is 2.27 bits per heavy atom. The lowest BCUT2D eigenvalue weighted by Gasteiger charge is -2.63. The average molecular weight is 779 g/mol. The van der Waals surface area contributed by atoms with Crippen molar-refractivity contribution in [2.45, 2.75) is 64.8 Å². The highest BCUT2D eigenvalue weighted by Gasteiger charge is 2.64. The number of ether oxygens (including phenoxy) is 1. The van der Waals surface area contributed by atoms with Gasteiger partial charge in [-0.05, 0) is 55.0 Å². The number of fused-ring (bicyclic) bond motifs is 1. The van der Waals surface area contributed by atoms with Crippen LogP contribution in [0.2, 0.25) is 5.02 Å². The highest BCUT2D eigenvalue weighted by molar-refractivity contribution is 6.31. The molecule has 2 aromatic carbocycles. The summed E-state index contributed by atoms with van der Waals surface area (Å²) in [5.41, 5.74) is 1.52. The average Bonchev–Trinajstić information content (AvgIpc) is 3.40. The molecule has 8 rings (SSSR count). The summed E-state index contributed by atoms with van der Waals surface area (Å²) in [5, 5.41) is 15.0. The summed E-state index contributed by atoms with van der Waals surface area (Å²) in [6.07, 6.45) is -0.0297. The van der Waals surface area contributed by atoms with Crippen molar-refractivity contribution in [3.63, 3.8) is 0 Å². The molecule has 56 heavy (non-hydrogen) atoms. The lowest BCUT2D eigenvalue weighted by Crippen LogP contribution is -2.74. The van der Waals surface area contributed by atoms with Gasteiger partial charge in [-0.2, -0.15) is 5.26 Å². The van der Waals surface area contributed by atoms with Crippen LogP contribution in [0.1, 0.15) is 77.3 Å². The summed E-state index contributed by atoms with van der Waals surface area (Å²) in [4.78, 5) is 76.1. The predicted molar refractivity (Wildman–Crippen MR) is 207 cm³/mol. The van der Waals surface area contributed by atoms with Gasteiger partial charge in [-0.1, -0.05) is 39.3 Å². The van der Waals surface area contributed by atoms with Crippen LogP contribution in [0.5, 0.6) is 5.75 Å². The number of amides is 5. The maximum Gasteiger partial charge on any atom is 0.281 e. The molecule has 14 nitrogen and oxygen atoms in total. The number of carbonyl (C=O) groups excluding carboxylic acids is 5. The molecule has 0 bridgehead atoms. The van der Waals surface area contributed by atoms with E-state index in [4.69, 9.17) is 16.3 Å². The number of nitriles is 1. The number of imide groups is 2. The molecule has 15 heteroatoms. The molecule has 4 aliphatic heterocycles. The number of piperazine rings is 1. The van der Waals surface area contributed by atoms with Crippen molar-refractivity contribution >= 4 is 52.6 Å². The molecular formula is C41H43ClN8O6. The second-order valence-electron chi connectivity index (χ2n) is 16.4. The summed E-state index contributed by atoms with van der Waals surface area (Å²) < 4.78 is 6.37. The Bertz CT molecular complexity index is 2170. The fourth-order valence-corrected chi connectivity index (χ4v) is 9.57. The Morgan fingerprint density at radius 1 is 0.929 bits per heavy atom. The Morgan fingerprint density at radius 2 is 1.62 bits per heavy atom. The fourth-order valence-electron chi connectivity index (χ4n) is 9.36. The maximum absolute atomic E-state index is 13.5. The van der Waals surface area contributed by atoms with E-state index < -0.39 is 29.7 Å². The van der Waals surface area contributed by atoms with Crippen LogP contribution < -0.4 is 25.2 Å². The minimum Gasteiger partial charge on any atom is -0.489 e. The molecule has 2 N–H and O–H groups in total. The van der Waals surface area contributed by atoms with Crippen molar-refractivity contribution in [2.24, 2.45) is 10.8 Å².